The average molecular weight is 411 g/mol. The Hall–Kier alpha value is -1.52. The van der Waals surface area contributed by atoms with Crippen LogP contribution in [0.4, 0.5) is 11.4 Å². The summed E-state index contributed by atoms with van der Waals surface area (Å²) in [4.78, 5) is -0.602. The second kappa shape index (κ2) is 6.41. The number of benzene rings is 2. The van der Waals surface area contributed by atoms with Crippen molar-refractivity contribution in [2.75, 3.05) is 17.1 Å². The fourth-order valence-corrected chi connectivity index (χ4v) is 4.30. The van der Waals surface area contributed by atoms with Crippen LogP contribution in [0, 0.1) is 0 Å². The Morgan fingerprint density at radius 2 is 1.54 bits per heavy atom. The lowest BCUT2D eigenvalue weighted by molar-refractivity contribution is 0.483. The highest BCUT2D eigenvalue weighted by Gasteiger charge is 2.25. The number of nitrogen functional groups attached to an aromatic ring is 1. The largest absolute Gasteiger partial charge is 0.397 e. The monoisotopic (exact) mass is 410 g/mol. The summed E-state index contributed by atoms with van der Waals surface area (Å²) >= 11 is 11.8. The molecule has 0 aromatic heterocycles. The van der Waals surface area contributed by atoms with Gasteiger partial charge in [0.2, 0.25) is 0 Å². The normalized spacial score (nSPS) is 12.2. The smallest absolute Gasteiger partial charge is 0.294 e. The molecule has 7 nitrogen and oxygen atoms in total. The van der Waals surface area contributed by atoms with Crippen molar-refractivity contribution < 1.29 is 21.4 Å². The van der Waals surface area contributed by atoms with E-state index in [0.29, 0.717) is 0 Å². The number of sulfonamides is 1. The van der Waals surface area contributed by atoms with Crippen molar-refractivity contribution in [3.63, 3.8) is 0 Å². The third kappa shape index (κ3) is 3.60. The Labute approximate surface area is 149 Å². The Kier molecular flexibility index (Phi) is 5.03. The van der Waals surface area contributed by atoms with Gasteiger partial charge in [0.05, 0.1) is 26.3 Å². The Morgan fingerprint density at radius 3 is 2.04 bits per heavy atom. The SMILES string of the molecule is CN(c1ccc(S(=O)(=O)O)cc1)S(=O)(=O)c1cc(Cl)c(N)cc1Cl. The van der Waals surface area contributed by atoms with Gasteiger partial charge in [-0.15, -0.1) is 0 Å². The maximum atomic E-state index is 12.7. The van der Waals surface area contributed by atoms with Gasteiger partial charge in [-0.3, -0.25) is 8.86 Å². The van der Waals surface area contributed by atoms with Crippen molar-refractivity contribution in [2.24, 2.45) is 0 Å². The molecular weight excluding hydrogens is 399 g/mol. The minimum atomic E-state index is -4.37. The zero-order chi connectivity index (χ0) is 18.3. The molecule has 3 N–H and O–H groups in total. The van der Waals surface area contributed by atoms with E-state index in [1.807, 2.05) is 0 Å². The van der Waals surface area contributed by atoms with Crippen molar-refractivity contribution in [1.82, 2.24) is 0 Å². The Morgan fingerprint density at radius 1 is 1.00 bits per heavy atom. The van der Waals surface area contributed by atoms with Gasteiger partial charge in [0.15, 0.2) is 0 Å². The van der Waals surface area contributed by atoms with Gasteiger partial charge in [-0.05, 0) is 36.4 Å². The highest BCUT2D eigenvalue weighted by Crippen LogP contribution is 2.33. The van der Waals surface area contributed by atoms with E-state index in [2.05, 4.69) is 0 Å². The van der Waals surface area contributed by atoms with Gasteiger partial charge in [0.25, 0.3) is 20.1 Å². The number of hydrogen-bond acceptors (Lipinski definition) is 5. The number of anilines is 2. The van der Waals surface area contributed by atoms with Crippen LogP contribution in [-0.2, 0) is 20.1 Å². The Bertz CT molecular complexity index is 990. The van der Waals surface area contributed by atoms with Gasteiger partial charge in [0.1, 0.15) is 4.90 Å². The topological polar surface area (TPSA) is 118 Å². The molecule has 2 aromatic carbocycles. The molecule has 0 spiro atoms. The zero-order valence-electron chi connectivity index (χ0n) is 12.1. The lowest BCUT2D eigenvalue weighted by atomic mass is 10.3. The van der Waals surface area contributed by atoms with Crippen LogP contribution < -0.4 is 10.0 Å². The first-order chi connectivity index (χ1) is 10.9. The number of nitrogens with two attached hydrogens (primary N) is 1. The second-order valence-corrected chi connectivity index (χ2v) is 8.92. The van der Waals surface area contributed by atoms with Crippen LogP contribution in [0.25, 0.3) is 0 Å². The van der Waals surface area contributed by atoms with Crippen LogP contribution in [0.2, 0.25) is 10.0 Å². The lowest BCUT2D eigenvalue weighted by Crippen LogP contribution is -2.27. The highest BCUT2D eigenvalue weighted by atomic mass is 35.5. The fraction of sp³-hybridized carbons (Fsp3) is 0.0769. The first-order valence-electron chi connectivity index (χ1n) is 6.25. The van der Waals surface area contributed by atoms with Crippen LogP contribution >= 0.6 is 23.2 Å². The quantitative estimate of drug-likeness (QED) is 0.590. The molecule has 0 saturated carbocycles. The summed E-state index contributed by atoms with van der Waals surface area (Å²) in [5.74, 6) is 0. The molecule has 24 heavy (non-hydrogen) atoms. The van der Waals surface area contributed by atoms with E-state index in [9.17, 15) is 16.8 Å². The van der Waals surface area contributed by atoms with E-state index in [-0.39, 0.29) is 31.2 Å². The molecule has 2 aromatic rings. The van der Waals surface area contributed by atoms with Gasteiger partial charge in [-0.25, -0.2) is 8.42 Å². The third-order valence-corrected chi connectivity index (χ3v) is 6.63. The van der Waals surface area contributed by atoms with Crippen molar-refractivity contribution in [3.8, 4) is 0 Å². The first kappa shape index (κ1) is 18.8. The highest BCUT2D eigenvalue weighted by molar-refractivity contribution is 7.93. The molecule has 0 radical (unpaired) electrons. The second-order valence-electron chi connectivity index (χ2n) is 4.75. The van der Waals surface area contributed by atoms with Gasteiger partial charge < -0.3 is 5.73 Å². The number of rotatable bonds is 4. The van der Waals surface area contributed by atoms with E-state index in [0.717, 1.165) is 22.5 Å². The van der Waals surface area contributed by atoms with Crippen LogP contribution in [0.15, 0.2) is 46.2 Å². The van der Waals surface area contributed by atoms with Crippen molar-refractivity contribution in [1.29, 1.82) is 0 Å². The van der Waals surface area contributed by atoms with E-state index >= 15 is 0 Å². The van der Waals surface area contributed by atoms with E-state index < -0.39 is 20.1 Å². The number of hydrogen-bond donors (Lipinski definition) is 2. The van der Waals surface area contributed by atoms with Crippen LogP contribution in [-0.4, -0.2) is 28.4 Å². The Balaban J connectivity index is 2.48. The minimum absolute atomic E-state index is 0.0353. The molecule has 11 heteroatoms. The van der Waals surface area contributed by atoms with Crippen LogP contribution in [0.5, 0.6) is 0 Å². The number of nitrogens with zero attached hydrogens (tertiary/aromatic N) is 1. The third-order valence-electron chi connectivity index (χ3n) is 3.19. The van der Waals surface area contributed by atoms with Gasteiger partial charge in [0, 0.05) is 7.05 Å². The summed E-state index contributed by atoms with van der Waals surface area (Å²) in [6.07, 6.45) is 0. The van der Waals surface area contributed by atoms with Crippen molar-refractivity contribution in [2.45, 2.75) is 9.79 Å². The number of halogens is 2. The maximum Gasteiger partial charge on any atom is 0.294 e. The summed E-state index contributed by atoms with van der Waals surface area (Å²) < 4.78 is 57.2. The minimum Gasteiger partial charge on any atom is -0.397 e. The molecular formula is C13H12Cl2N2O5S2. The molecule has 0 heterocycles. The first-order valence-corrected chi connectivity index (χ1v) is 9.89. The van der Waals surface area contributed by atoms with Gasteiger partial charge in [-0.1, -0.05) is 23.2 Å². The molecule has 0 aliphatic heterocycles. The summed E-state index contributed by atoms with van der Waals surface area (Å²) in [5.41, 5.74) is 5.87. The van der Waals surface area contributed by atoms with E-state index in [4.69, 9.17) is 33.5 Å². The molecule has 0 bridgehead atoms. The molecule has 0 aliphatic rings. The van der Waals surface area contributed by atoms with Crippen LogP contribution in [0.1, 0.15) is 0 Å². The zero-order valence-corrected chi connectivity index (χ0v) is 15.3. The van der Waals surface area contributed by atoms with E-state index in [1.54, 1.807) is 0 Å². The average Bonchev–Trinajstić information content (AvgIpc) is 2.49. The van der Waals surface area contributed by atoms with Crippen molar-refractivity contribution in [3.05, 3.63) is 46.4 Å². The van der Waals surface area contributed by atoms with Gasteiger partial charge in [-0.2, -0.15) is 8.42 Å². The standard InChI is InChI=1S/C13H12Cl2N2O5S2/c1-17(8-2-4-9(5-3-8)24(20,21)22)23(18,19)13-7-10(14)12(16)6-11(13)15/h2-7H,16H2,1H3,(H,20,21,22). The van der Waals surface area contributed by atoms with Gasteiger partial charge >= 0.3 is 0 Å². The maximum absolute atomic E-state index is 12.7. The molecule has 0 fully saturated rings. The molecule has 0 amide bonds. The van der Waals surface area contributed by atoms with Crippen molar-refractivity contribution >= 4 is 54.7 Å². The predicted octanol–water partition coefficient (Wildman–Crippen LogP) is 2.65. The summed E-state index contributed by atoms with van der Waals surface area (Å²) in [7, 11) is -7.17. The molecule has 0 aliphatic carbocycles. The molecule has 2 rings (SSSR count). The summed E-state index contributed by atoms with van der Waals surface area (Å²) in [6.45, 7) is 0. The fourth-order valence-electron chi connectivity index (χ4n) is 1.86. The molecule has 0 saturated heterocycles. The van der Waals surface area contributed by atoms with Crippen LogP contribution in [0.3, 0.4) is 0 Å². The molecule has 0 unspecified atom stereocenters. The summed E-state index contributed by atoms with van der Waals surface area (Å²) in [5, 5.41) is -0.0635. The molecule has 0 atom stereocenters. The predicted molar refractivity (Wildman–Crippen MR) is 92.7 cm³/mol. The molecule has 130 valence electrons. The lowest BCUT2D eigenvalue weighted by Gasteiger charge is -2.20. The van der Waals surface area contributed by atoms with E-state index in [1.165, 1.54) is 25.2 Å². The summed E-state index contributed by atoms with van der Waals surface area (Å²) in [6, 6.07) is 6.98.